The highest BCUT2D eigenvalue weighted by molar-refractivity contribution is 7.20. The lowest BCUT2D eigenvalue weighted by molar-refractivity contribution is 0.0531. The van der Waals surface area contributed by atoms with Gasteiger partial charge in [0.05, 0.1) is 12.0 Å². The second kappa shape index (κ2) is 7.03. The van der Waals surface area contributed by atoms with E-state index in [1.165, 1.54) is 11.3 Å². The van der Waals surface area contributed by atoms with E-state index in [0.717, 1.165) is 47.5 Å². The number of piperidine rings is 1. The quantitative estimate of drug-likeness (QED) is 0.856. The van der Waals surface area contributed by atoms with Gasteiger partial charge in [0.15, 0.2) is 0 Å². The minimum Gasteiger partial charge on any atom is -0.462 e. The SMILES string of the molecule is CCOC(=O)c1sc2nc(C)nc(N3CCC[C@H](CO)C3)c2c1C. The number of aromatic nitrogens is 2. The molecule has 0 aliphatic carbocycles. The summed E-state index contributed by atoms with van der Waals surface area (Å²) >= 11 is 1.37. The van der Waals surface area contributed by atoms with E-state index >= 15 is 0 Å². The number of rotatable bonds is 4. The molecule has 0 radical (unpaired) electrons. The van der Waals surface area contributed by atoms with Crippen molar-refractivity contribution >= 4 is 33.3 Å². The average Bonchev–Trinajstić information content (AvgIpc) is 2.91. The van der Waals surface area contributed by atoms with Crippen LogP contribution >= 0.6 is 11.3 Å². The molecule has 0 spiro atoms. The van der Waals surface area contributed by atoms with Gasteiger partial charge in [-0.2, -0.15) is 0 Å². The van der Waals surface area contributed by atoms with Crippen LogP contribution in [0.4, 0.5) is 5.82 Å². The van der Waals surface area contributed by atoms with Gasteiger partial charge >= 0.3 is 5.97 Å². The number of carbonyl (C=O) groups is 1. The van der Waals surface area contributed by atoms with E-state index in [2.05, 4.69) is 14.9 Å². The maximum Gasteiger partial charge on any atom is 0.348 e. The minimum absolute atomic E-state index is 0.195. The number of aliphatic hydroxyl groups is 1. The van der Waals surface area contributed by atoms with Crippen LogP contribution in [-0.4, -0.2) is 47.3 Å². The third-order valence-electron chi connectivity index (χ3n) is 4.42. The van der Waals surface area contributed by atoms with Crippen LogP contribution in [-0.2, 0) is 4.74 Å². The van der Waals surface area contributed by atoms with Crippen LogP contribution in [0.25, 0.3) is 10.2 Å². The molecule has 24 heavy (non-hydrogen) atoms. The molecule has 0 bridgehead atoms. The van der Waals surface area contributed by atoms with E-state index in [1.807, 2.05) is 13.8 Å². The largest absolute Gasteiger partial charge is 0.462 e. The molecule has 1 aliphatic heterocycles. The van der Waals surface area contributed by atoms with Gasteiger partial charge in [-0.15, -0.1) is 11.3 Å². The van der Waals surface area contributed by atoms with Crippen LogP contribution in [0.15, 0.2) is 0 Å². The van der Waals surface area contributed by atoms with Gasteiger partial charge in [-0.1, -0.05) is 0 Å². The van der Waals surface area contributed by atoms with Crippen molar-refractivity contribution < 1.29 is 14.6 Å². The van der Waals surface area contributed by atoms with Gasteiger partial charge in [-0.25, -0.2) is 14.8 Å². The van der Waals surface area contributed by atoms with E-state index in [9.17, 15) is 9.90 Å². The highest BCUT2D eigenvalue weighted by atomic mass is 32.1. The van der Waals surface area contributed by atoms with Gasteiger partial charge in [0.25, 0.3) is 0 Å². The van der Waals surface area contributed by atoms with Gasteiger partial charge in [-0.05, 0) is 45.1 Å². The maximum absolute atomic E-state index is 12.2. The summed E-state index contributed by atoms with van der Waals surface area (Å²) in [7, 11) is 0. The Bertz CT molecular complexity index is 759. The molecule has 0 unspecified atom stereocenters. The Kier molecular flexibility index (Phi) is 5.01. The molecule has 0 aromatic carbocycles. The van der Waals surface area contributed by atoms with Crippen molar-refractivity contribution in [2.45, 2.75) is 33.6 Å². The molecule has 1 N–H and O–H groups in total. The first-order valence-corrected chi connectivity index (χ1v) is 9.17. The van der Waals surface area contributed by atoms with E-state index in [4.69, 9.17) is 4.74 Å². The highest BCUT2D eigenvalue weighted by Crippen LogP contribution is 2.37. The zero-order chi connectivity index (χ0) is 17.3. The maximum atomic E-state index is 12.2. The Labute approximate surface area is 145 Å². The molecular weight excluding hydrogens is 326 g/mol. The lowest BCUT2D eigenvalue weighted by atomic mass is 9.98. The van der Waals surface area contributed by atoms with E-state index in [0.29, 0.717) is 17.3 Å². The van der Waals surface area contributed by atoms with E-state index < -0.39 is 0 Å². The number of hydrogen-bond donors (Lipinski definition) is 1. The van der Waals surface area contributed by atoms with Crippen molar-refractivity contribution in [3.8, 4) is 0 Å². The Hall–Kier alpha value is -1.73. The third-order valence-corrected chi connectivity index (χ3v) is 5.59. The Morgan fingerprint density at radius 3 is 2.92 bits per heavy atom. The summed E-state index contributed by atoms with van der Waals surface area (Å²) in [6.07, 6.45) is 2.07. The third kappa shape index (κ3) is 3.10. The number of aliphatic hydroxyl groups excluding tert-OH is 1. The van der Waals surface area contributed by atoms with E-state index in [1.54, 1.807) is 6.92 Å². The number of carbonyl (C=O) groups excluding carboxylic acids is 1. The summed E-state index contributed by atoms with van der Waals surface area (Å²) < 4.78 is 5.16. The first-order valence-electron chi connectivity index (χ1n) is 8.35. The number of ether oxygens (including phenoxy) is 1. The summed E-state index contributed by atoms with van der Waals surface area (Å²) in [6.45, 7) is 7.85. The zero-order valence-electron chi connectivity index (χ0n) is 14.3. The van der Waals surface area contributed by atoms with Crippen molar-refractivity contribution in [2.75, 3.05) is 31.2 Å². The molecule has 7 heteroatoms. The zero-order valence-corrected chi connectivity index (χ0v) is 15.2. The molecule has 1 saturated heterocycles. The second-order valence-corrected chi connectivity index (χ2v) is 7.19. The van der Waals surface area contributed by atoms with Gasteiger partial charge in [0.2, 0.25) is 0 Å². The lowest BCUT2D eigenvalue weighted by Crippen LogP contribution is -2.37. The van der Waals surface area contributed by atoms with Crippen molar-refractivity contribution in [1.82, 2.24) is 9.97 Å². The van der Waals surface area contributed by atoms with Gasteiger partial charge < -0.3 is 14.7 Å². The molecule has 3 rings (SSSR count). The molecule has 3 heterocycles. The van der Waals surface area contributed by atoms with Crippen LogP contribution in [0.5, 0.6) is 0 Å². The number of fused-ring (bicyclic) bond motifs is 1. The molecule has 6 nitrogen and oxygen atoms in total. The minimum atomic E-state index is -0.298. The first kappa shape index (κ1) is 17.1. The van der Waals surface area contributed by atoms with Crippen LogP contribution in [0.1, 0.15) is 40.8 Å². The first-order chi connectivity index (χ1) is 11.5. The van der Waals surface area contributed by atoms with Crippen molar-refractivity contribution in [3.63, 3.8) is 0 Å². The highest BCUT2D eigenvalue weighted by Gasteiger charge is 2.26. The van der Waals surface area contributed by atoms with Gasteiger partial charge in [0, 0.05) is 19.7 Å². The molecule has 0 saturated carbocycles. The summed E-state index contributed by atoms with van der Waals surface area (Å²) in [6, 6.07) is 0. The molecule has 2 aromatic heterocycles. The molecular formula is C17H23N3O3S. The number of hydrogen-bond acceptors (Lipinski definition) is 7. The molecule has 0 amide bonds. The molecule has 1 fully saturated rings. The standard InChI is InChI=1S/C17H23N3O3S/c1-4-23-17(22)14-10(2)13-15(18-11(3)19-16(13)24-14)20-7-5-6-12(8-20)9-21/h12,21H,4-9H2,1-3H3/t12-/m0/s1. The van der Waals surface area contributed by atoms with Crippen LogP contribution < -0.4 is 4.90 Å². The smallest absolute Gasteiger partial charge is 0.348 e. The fourth-order valence-electron chi connectivity index (χ4n) is 3.25. The van der Waals surface area contributed by atoms with Gasteiger partial charge in [0.1, 0.15) is 21.3 Å². The Balaban J connectivity index is 2.08. The summed E-state index contributed by atoms with van der Waals surface area (Å²) in [5.74, 6) is 1.54. The summed E-state index contributed by atoms with van der Waals surface area (Å²) in [4.78, 5) is 25.0. The Morgan fingerprint density at radius 1 is 1.42 bits per heavy atom. The number of thiophene rings is 1. The predicted octanol–water partition coefficient (Wildman–Crippen LogP) is 2.69. The van der Waals surface area contributed by atoms with Crippen LogP contribution in [0.3, 0.4) is 0 Å². The molecule has 2 aromatic rings. The van der Waals surface area contributed by atoms with E-state index in [-0.39, 0.29) is 18.5 Å². The van der Waals surface area contributed by atoms with Crippen molar-refractivity contribution in [2.24, 2.45) is 5.92 Å². The fraction of sp³-hybridized carbons (Fsp3) is 0.588. The monoisotopic (exact) mass is 349 g/mol. The topological polar surface area (TPSA) is 75.5 Å². The number of esters is 1. The second-order valence-electron chi connectivity index (χ2n) is 6.19. The molecule has 1 aliphatic rings. The fourth-order valence-corrected chi connectivity index (χ4v) is 4.36. The summed E-state index contributed by atoms with van der Waals surface area (Å²) in [5.41, 5.74) is 0.884. The number of anilines is 1. The van der Waals surface area contributed by atoms with Crippen LogP contribution in [0.2, 0.25) is 0 Å². The number of aryl methyl sites for hydroxylation is 2. The predicted molar refractivity (Wildman–Crippen MR) is 94.9 cm³/mol. The van der Waals surface area contributed by atoms with Crippen molar-refractivity contribution in [1.29, 1.82) is 0 Å². The van der Waals surface area contributed by atoms with Crippen LogP contribution in [0, 0.1) is 19.8 Å². The summed E-state index contributed by atoms with van der Waals surface area (Å²) in [5, 5.41) is 10.4. The normalized spacial score (nSPS) is 18.2. The average molecular weight is 349 g/mol. The Morgan fingerprint density at radius 2 is 2.21 bits per heavy atom. The lowest BCUT2D eigenvalue weighted by Gasteiger charge is -2.33. The number of nitrogens with zero attached hydrogens (tertiary/aromatic N) is 3. The van der Waals surface area contributed by atoms with Gasteiger partial charge in [-0.3, -0.25) is 0 Å². The molecule has 130 valence electrons. The molecule has 1 atom stereocenters. The van der Waals surface area contributed by atoms with Crippen molar-refractivity contribution in [3.05, 3.63) is 16.3 Å².